The molecule has 1 atom stereocenters. The highest BCUT2D eigenvalue weighted by molar-refractivity contribution is 7.80. The number of allylic oxidation sites excluding steroid dienone is 1. The molecule has 2 aromatic rings. The van der Waals surface area contributed by atoms with Gasteiger partial charge in [0.2, 0.25) is 0 Å². The minimum Gasteiger partial charge on any atom is -0.497 e. The Kier molecular flexibility index (Phi) is 9.95. The molecule has 0 saturated carbocycles. The first kappa shape index (κ1) is 30.0. The fourth-order valence-corrected chi connectivity index (χ4v) is 5.71. The number of aliphatic carboxylic acids is 2. The van der Waals surface area contributed by atoms with Crippen LogP contribution in [0.2, 0.25) is 0 Å². The van der Waals surface area contributed by atoms with E-state index in [-0.39, 0.29) is 11.4 Å². The number of anilines is 2. The molecule has 0 amide bonds. The molecule has 4 N–H and O–H groups in total. The predicted octanol–water partition coefficient (Wildman–Crippen LogP) is 4.30. The number of rotatable bonds is 10. The van der Waals surface area contributed by atoms with Crippen molar-refractivity contribution in [2.45, 2.75) is 45.1 Å². The molecular weight excluding hydrogens is 542 g/mol. The number of likely N-dealkylation sites (tertiary alicyclic amines) is 1. The highest BCUT2D eigenvalue weighted by atomic mass is 32.1. The smallest absolute Gasteiger partial charge is 0.354 e. The molecule has 0 aliphatic carbocycles. The van der Waals surface area contributed by atoms with Gasteiger partial charge in [0.25, 0.3) is 0 Å². The maximum atomic E-state index is 12.1. The highest BCUT2D eigenvalue weighted by Gasteiger charge is 2.38. The predicted molar refractivity (Wildman–Crippen MR) is 164 cm³/mol. The van der Waals surface area contributed by atoms with Gasteiger partial charge in [-0.2, -0.15) is 0 Å². The van der Waals surface area contributed by atoms with Crippen molar-refractivity contribution >= 4 is 46.4 Å². The van der Waals surface area contributed by atoms with E-state index < -0.39 is 18.0 Å². The largest absolute Gasteiger partial charge is 0.497 e. The summed E-state index contributed by atoms with van der Waals surface area (Å²) in [4.78, 5) is 32.0. The molecule has 2 heterocycles. The van der Waals surface area contributed by atoms with Gasteiger partial charge in [0.15, 0.2) is 11.2 Å². The van der Waals surface area contributed by atoms with Gasteiger partial charge in [-0.3, -0.25) is 4.99 Å². The third-order valence-electron chi connectivity index (χ3n) is 7.49. The number of methoxy groups -OCH3 is 1. The van der Waals surface area contributed by atoms with E-state index in [1.165, 1.54) is 10.5 Å². The Morgan fingerprint density at radius 3 is 2.51 bits per heavy atom. The van der Waals surface area contributed by atoms with Gasteiger partial charge in [-0.25, -0.2) is 9.59 Å². The fourth-order valence-electron chi connectivity index (χ4n) is 5.49. The number of hydrogen-bond acceptors (Lipinski definition) is 7. The molecule has 2 aromatic carbocycles. The standard InChI is InChI=1S/C30H37N5O5S/c1-19-26(28(36)37)35(27(29(38)39)20(2)32-19)24-9-5-8-23(18-24)33-30(41)31-13-6-14-34-15-11-21(12-16-34)22-7-4-10-25(17-22)40-3/h4-5,7-10,17-18,21,26H,6,11-16H2,1-3H3,(H,36,37)(H,38,39)(H2,31,33,41). The van der Waals surface area contributed by atoms with Crippen LogP contribution < -0.4 is 20.3 Å². The van der Waals surface area contributed by atoms with Crippen LogP contribution in [0.15, 0.2) is 64.9 Å². The van der Waals surface area contributed by atoms with Crippen molar-refractivity contribution in [3.05, 3.63) is 65.5 Å². The summed E-state index contributed by atoms with van der Waals surface area (Å²) in [6.07, 6.45) is 3.19. The van der Waals surface area contributed by atoms with Crippen LogP contribution in [0.5, 0.6) is 5.75 Å². The summed E-state index contributed by atoms with van der Waals surface area (Å²) < 4.78 is 5.37. The van der Waals surface area contributed by atoms with Gasteiger partial charge in [0.05, 0.1) is 12.8 Å². The average molecular weight is 580 g/mol. The zero-order valence-electron chi connectivity index (χ0n) is 23.6. The lowest BCUT2D eigenvalue weighted by Crippen LogP contribution is -2.49. The number of hydrogen-bond donors (Lipinski definition) is 4. The first-order valence-corrected chi connectivity index (χ1v) is 14.1. The van der Waals surface area contributed by atoms with Crippen LogP contribution in [0.3, 0.4) is 0 Å². The zero-order valence-corrected chi connectivity index (χ0v) is 24.4. The van der Waals surface area contributed by atoms with E-state index in [9.17, 15) is 19.8 Å². The second-order valence-electron chi connectivity index (χ2n) is 10.3. The van der Waals surface area contributed by atoms with Crippen molar-refractivity contribution in [2.24, 2.45) is 4.99 Å². The topological polar surface area (TPSA) is 127 Å². The van der Waals surface area contributed by atoms with Crippen molar-refractivity contribution in [3.63, 3.8) is 0 Å². The number of carbonyl (C=O) groups is 2. The minimum atomic E-state index is -1.25. The van der Waals surface area contributed by atoms with Crippen LogP contribution in [-0.2, 0) is 9.59 Å². The highest BCUT2D eigenvalue weighted by Crippen LogP contribution is 2.32. The van der Waals surface area contributed by atoms with Gasteiger partial charge in [0, 0.05) is 23.6 Å². The van der Waals surface area contributed by atoms with E-state index in [1.807, 2.05) is 6.07 Å². The van der Waals surface area contributed by atoms with Crippen LogP contribution in [0.1, 0.15) is 44.6 Å². The van der Waals surface area contributed by atoms with Gasteiger partial charge in [-0.15, -0.1) is 0 Å². The number of carboxylic acid groups (broad SMARTS) is 2. The molecule has 1 fully saturated rings. The molecule has 4 rings (SSSR count). The lowest BCUT2D eigenvalue weighted by molar-refractivity contribution is -0.137. The van der Waals surface area contributed by atoms with Gasteiger partial charge in [0.1, 0.15) is 11.4 Å². The summed E-state index contributed by atoms with van der Waals surface area (Å²) in [6, 6.07) is 14.0. The molecule has 1 unspecified atom stereocenters. The summed E-state index contributed by atoms with van der Waals surface area (Å²) in [5.41, 5.74) is 2.75. The Labute approximate surface area is 245 Å². The molecule has 2 aliphatic rings. The van der Waals surface area contributed by atoms with Crippen molar-refractivity contribution in [2.75, 3.05) is 43.5 Å². The van der Waals surface area contributed by atoms with E-state index in [2.05, 4.69) is 38.7 Å². The Hall–Kier alpha value is -3.96. The number of piperidine rings is 1. The molecule has 1 saturated heterocycles. The van der Waals surface area contributed by atoms with E-state index in [4.69, 9.17) is 17.0 Å². The number of nitrogens with one attached hydrogen (secondary N) is 2. The molecule has 0 bridgehead atoms. The Morgan fingerprint density at radius 1 is 1.10 bits per heavy atom. The van der Waals surface area contributed by atoms with Crippen LogP contribution in [0.4, 0.5) is 11.4 Å². The van der Waals surface area contributed by atoms with E-state index in [0.717, 1.165) is 44.6 Å². The first-order valence-electron chi connectivity index (χ1n) is 13.7. The second kappa shape index (κ2) is 13.6. The number of ether oxygens (including phenoxy) is 1. The van der Waals surface area contributed by atoms with E-state index in [0.29, 0.717) is 34.7 Å². The maximum absolute atomic E-state index is 12.1. The first-order chi connectivity index (χ1) is 19.7. The quantitative estimate of drug-likeness (QED) is 0.239. The third-order valence-corrected chi connectivity index (χ3v) is 7.74. The molecule has 11 heteroatoms. The second-order valence-corrected chi connectivity index (χ2v) is 10.7. The van der Waals surface area contributed by atoms with E-state index in [1.54, 1.807) is 45.2 Å². The fraction of sp³-hybridized carbons (Fsp3) is 0.400. The Morgan fingerprint density at radius 2 is 1.83 bits per heavy atom. The van der Waals surface area contributed by atoms with E-state index >= 15 is 0 Å². The summed E-state index contributed by atoms with van der Waals surface area (Å²) in [7, 11) is 1.70. The number of benzene rings is 2. The normalized spacial score (nSPS) is 18.1. The summed E-state index contributed by atoms with van der Waals surface area (Å²) >= 11 is 5.49. The lowest BCUT2D eigenvalue weighted by Gasteiger charge is -2.34. The maximum Gasteiger partial charge on any atom is 0.354 e. The molecule has 218 valence electrons. The Bertz CT molecular complexity index is 1350. The SMILES string of the molecule is COc1cccc(C2CCN(CCCNC(=S)Nc3cccc(N4C(C(=O)O)=C(C)N=C(C)C4C(=O)O)c3)CC2)c1. The summed E-state index contributed by atoms with van der Waals surface area (Å²) in [5.74, 6) is -0.961. The van der Waals surface area contributed by atoms with Crippen molar-refractivity contribution < 1.29 is 24.5 Å². The number of aliphatic imine (C=N–C) groups is 1. The molecule has 10 nitrogen and oxygen atoms in total. The third kappa shape index (κ3) is 7.42. The molecule has 0 spiro atoms. The van der Waals surface area contributed by atoms with Crippen LogP contribution in [-0.4, -0.2) is 77.2 Å². The van der Waals surface area contributed by atoms with Crippen molar-refractivity contribution in [1.82, 2.24) is 10.2 Å². The lowest BCUT2D eigenvalue weighted by atomic mass is 9.89. The minimum absolute atomic E-state index is 0.173. The Balaban J connectivity index is 1.27. The van der Waals surface area contributed by atoms with Gasteiger partial charge < -0.3 is 35.4 Å². The molecule has 0 radical (unpaired) electrons. The van der Waals surface area contributed by atoms with Crippen LogP contribution >= 0.6 is 12.2 Å². The summed E-state index contributed by atoms with van der Waals surface area (Å²) in [6.45, 7) is 6.94. The average Bonchev–Trinajstić information content (AvgIpc) is 2.95. The number of thiocarbonyl (C=S) groups is 1. The molecular formula is C30H37N5O5S. The van der Waals surface area contributed by atoms with Gasteiger partial charge >= 0.3 is 11.9 Å². The van der Waals surface area contributed by atoms with Gasteiger partial charge in [-0.1, -0.05) is 18.2 Å². The number of nitrogens with zero attached hydrogens (tertiary/aromatic N) is 3. The molecule has 41 heavy (non-hydrogen) atoms. The van der Waals surface area contributed by atoms with Crippen LogP contribution in [0.25, 0.3) is 0 Å². The monoisotopic (exact) mass is 579 g/mol. The van der Waals surface area contributed by atoms with Gasteiger partial charge in [-0.05, 0) is 107 Å². The van der Waals surface area contributed by atoms with Crippen molar-refractivity contribution in [1.29, 1.82) is 0 Å². The molecule has 0 aromatic heterocycles. The number of carboxylic acids is 2. The molecule has 2 aliphatic heterocycles. The van der Waals surface area contributed by atoms with Crippen molar-refractivity contribution in [3.8, 4) is 5.75 Å². The zero-order chi connectivity index (χ0) is 29.5. The van der Waals surface area contributed by atoms with Crippen LogP contribution in [0, 0.1) is 0 Å². The summed E-state index contributed by atoms with van der Waals surface area (Å²) in [5, 5.41) is 26.5.